The summed E-state index contributed by atoms with van der Waals surface area (Å²) in [7, 11) is 0. The van der Waals surface area contributed by atoms with Gasteiger partial charge in [-0.15, -0.1) is 0 Å². The standard InChI is InChI=1S/C22H24Cl2N2O/c23-19-7-6-17(22(24)21(19)16-8-10-25-11-9-16)13-15-3-1-4-18(14-15)26-12-2-5-20(26)27/h6-11,15,18H,1-5,12-14H2. The van der Waals surface area contributed by atoms with Gasteiger partial charge >= 0.3 is 0 Å². The van der Waals surface area contributed by atoms with Crippen LogP contribution < -0.4 is 0 Å². The van der Waals surface area contributed by atoms with E-state index in [0.717, 1.165) is 60.4 Å². The van der Waals surface area contributed by atoms with Crippen molar-refractivity contribution in [2.24, 2.45) is 5.92 Å². The molecule has 1 aromatic heterocycles. The second kappa shape index (κ2) is 8.20. The molecule has 5 heteroatoms. The Morgan fingerprint density at radius 3 is 2.63 bits per heavy atom. The number of likely N-dealkylation sites (tertiary alicyclic amines) is 1. The number of carbonyl (C=O) groups excluding carboxylic acids is 1. The number of rotatable bonds is 4. The first-order chi connectivity index (χ1) is 13.1. The molecule has 1 aliphatic carbocycles. The third-order valence-electron chi connectivity index (χ3n) is 5.95. The van der Waals surface area contributed by atoms with Crippen LogP contribution in [0.15, 0.2) is 36.7 Å². The number of pyridine rings is 1. The molecule has 2 heterocycles. The molecule has 0 spiro atoms. The zero-order valence-electron chi connectivity index (χ0n) is 15.3. The number of hydrogen-bond acceptors (Lipinski definition) is 2. The van der Waals surface area contributed by atoms with E-state index in [1.807, 2.05) is 18.2 Å². The van der Waals surface area contributed by atoms with Crippen LogP contribution in [0.2, 0.25) is 10.0 Å². The van der Waals surface area contributed by atoms with Crippen molar-refractivity contribution in [1.82, 2.24) is 9.88 Å². The van der Waals surface area contributed by atoms with Gasteiger partial charge in [-0.05, 0) is 67.3 Å². The van der Waals surface area contributed by atoms with Gasteiger partial charge in [0.05, 0.1) is 5.02 Å². The first kappa shape index (κ1) is 18.8. The normalized spacial score (nSPS) is 23.0. The molecule has 2 fully saturated rings. The monoisotopic (exact) mass is 402 g/mol. The van der Waals surface area contributed by atoms with E-state index in [2.05, 4.69) is 16.0 Å². The fraction of sp³-hybridized carbons (Fsp3) is 0.455. The quantitative estimate of drug-likeness (QED) is 0.649. The molecule has 2 unspecified atom stereocenters. The van der Waals surface area contributed by atoms with E-state index >= 15 is 0 Å². The topological polar surface area (TPSA) is 33.2 Å². The van der Waals surface area contributed by atoms with Gasteiger partial charge in [-0.25, -0.2) is 0 Å². The Bertz CT molecular complexity index is 825. The molecular weight excluding hydrogens is 379 g/mol. The summed E-state index contributed by atoms with van der Waals surface area (Å²) in [6.07, 6.45) is 10.8. The summed E-state index contributed by atoms with van der Waals surface area (Å²) >= 11 is 13.2. The number of carbonyl (C=O) groups is 1. The summed E-state index contributed by atoms with van der Waals surface area (Å²) in [6, 6.07) is 8.28. The summed E-state index contributed by atoms with van der Waals surface area (Å²) in [6.45, 7) is 0.935. The van der Waals surface area contributed by atoms with E-state index in [0.29, 0.717) is 22.9 Å². The van der Waals surface area contributed by atoms with Crippen LogP contribution in [0.25, 0.3) is 11.1 Å². The summed E-state index contributed by atoms with van der Waals surface area (Å²) in [5.74, 6) is 0.895. The molecule has 3 nitrogen and oxygen atoms in total. The Balaban J connectivity index is 1.53. The fourth-order valence-corrected chi connectivity index (χ4v) is 5.30. The van der Waals surface area contributed by atoms with Gasteiger partial charge in [0.1, 0.15) is 0 Å². The summed E-state index contributed by atoms with van der Waals surface area (Å²) < 4.78 is 0. The molecule has 0 bridgehead atoms. The van der Waals surface area contributed by atoms with Crippen molar-refractivity contribution < 1.29 is 4.79 Å². The van der Waals surface area contributed by atoms with Gasteiger partial charge in [0.25, 0.3) is 0 Å². The van der Waals surface area contributed by atoms with E-state index in [-0.39, 0.29) is 0 Å². The van der Waals surface area contributed by atoms with Crippen LogP contribution in [0.3, 0.4) is 0 Å². The predicted octanol–water partition coefficient (Wildman–Crippen LogP) is 5.78. The second-order valence-corrected chi connectivity index (χ2v) is 8.50. The first-order valence-electron chi connectivity index (χ1n) is 9.80. The zero-order chi connectivity index (χ0) is 18.8. The van der Waals surface area contributed by atoms with Crippen LogP contribution in [0.4, 0.5) is 0 Å². The summed E-state index contributed by atoms with van der Waals surface area (Å²) in [5, 5.41) is 1.41. The van der Waals surface area contributed by atoms with Crippen molar-refractivity contribution >= 4 is 29.1 Å². The minimum atomic E-state index is 0.338. The maximum Gasteiger partial charge on any atom is 0.222 e. The molecule has 0 radical (unpaired) electrons. The number of amides is 1. The minimum absolute atomic E-state index is 0.338. The Hall–Kier alpha value is -1.58. The van der Waals surface area contributed by atoms with Gasteiger partial charge in [-0.1, -0.05) is 35.7 Å². The van der Waals surface area contributed by atoms with Gasteiger partial charge < -0.3 is 4.90 Å². The van der Waals surface area contributed by atoms with Crippen molar-refractivity contribution in [3.8, 4) is 11.1 Å². The molecule has 1 amide bonds. The lowest BCUT2D eigenvalue weighted by molar-refractivity contribution is -0.130. The van der Waals surface area contributed by atoms with E-state index in [1.54, 1.807) is 12.4 Å². The van der Waals surface area contributed by atoms with Gasteiger partial charge in [0, 0.05) is 42.0 Å². The largest absolute Gasteiger partial charge is 0.340 e. The summed E-state index contributed by atoms with van der Waals surface area (Å²) in [5.41, 5.74) is 3.03. The van der Waals surface area contributed by atoms with Gasteiger partial charge in [-0.2, -0.15) is 0 Å². The highest BCUT2D eigenvalue weighted by Crippen LogP contribution is 2.39. The number of nitrogens with zero attached hydrogens (tertiary/aromatic N) is 2. The van der Waals surface area contributed by atoms with Gasteiger partial charge in [0.15, 0.2) is 0 Å². The Labute approximate surface area is 170 Å². The smallest absolute Gasteiger partial charge is 0.222 e. The third kappa shape index (κ3) is 4.00. The molecule has 2 aliphatic rings. The molecule has 1 aliphatic heterocycles. The molecule has 0 N–H and O–H groups in total. The molecule has 2 aromatic rings. The van der Waals surface area contributed by atoms with E-state index < -0.39 is 0 Å². The van der Waals surface area contributed by atoms with Crippen LogP contribution in [0.5, 0.6) is 0 Å². The summed E-state index contributed by atoms with van der Waals surface area (Å²) in [4.78, 5) is 18.3. The number of aromatic nitrogens is 1. The maximum atomic E-state index is 12.1. The lowest BCUT2D eigenvalue weighted by Gasteiger charge is -2.35. The SMILES string of the molecule is O=C1CCCN1C1CCCC(Cc2ccc(Cl)c(-c3ccncc3)c2Cl)C1. The number of benzene rings is 1. The van der Waals surface area contributed by atoms with Gasteiger partial charge in [0.2, 0.25) is 5.91 Å². The Morgan fingerprint density at radius 2 is 1.89 bits per heavy atom. The lowest BCUT2D eigenvalue weighted by atomic mass is 9.81. The van der Waals surface area contributed by atoms with Crippen LogP contribution >= 0.6 is 23.2 Å². The third-order valence-corrected chi connectivity index (χ3v) is 6.70. The van der Waals surface area contributed by atoms with E-state index in [4.69, 9.17) is 23.2 Å². The van der Waals surface area contributed by atoms with Crippen molar-refractivity contribution in [1.29, 1.82) is 0 Å². The molecule has 4 rings (SSSR count). The van der Waals surface area contributed by atoms with Crippen molar-refractivity contribution in [2.75, 3.05) is 6.54 Å². The highest BCUT2D eigenvalue weighted by atomic mass is 35.5. The fourth-order valence-electron chi connectivity index (χ4n) is 4.63. The molecular formula is C22H24Cl2N2O. The number of hydrogen-bond donors (Lipinski definition) is 0. The maximum absolute atomic E-state index is 12.1. The molecule has 142 valence electrons. The van der Waals surface area contributed by atoms with Crippen LogP contribution in [0, 0.1) is 5.92 Å². The lowest BCUT2D eigenvalue weighted by Crippen LogP contribution is -2.39. The first-order valence-corrected chi connectivity index (χ1v) is 10.6. The predicted molar refractivity (Wildman–Crippen MR) is 110 cm³/mol. The van der Waals surface area contributed by atoms with Crippen LogP contribution in [0.1, 0.15) is 44.1 Å². The zero-order valence-corrected chi connectivity index (χ0v) is 16.8. The highest BCUT2D eigenvalue weighted by molar-refractivity contribution is 6.39. The molecule has 27 heavy (non-hydrogen) atoms. The molecule has 1 saturated heterocycles. The van der Waals surface area contributed by atoms with Crippen LogP contribution in [-0.2, 0) is 11.2 Å². The average molecular weight is 403 g/mol. The minimum Gasteiger partial charge on any atom is -0.340 e. The van der Waals surface area contributed by atoms with Crippen molar-refractivity contribution in [3.05, 3.63) is 52.3 Å². The van der Waals surface area contributed by atoms with E-state index in [1.165, 1.54) is 12.8 Å². The molecule has 2 atom stereocenters. The highest BCUT2D eigenvalue weighted by Gasteiger charge is 2.32. The van der Waals surface area contributed by atoms with Crippen LogP contribution in [-0.4, -0.2) is 28.4 Å². The number of halogens is 2. The second-order valence-electron chi connectivity index (χ2n) is 7.71. The molecule has 1 saturated carbocycles. The average Bonchev–Trinajstić information content (AvgIpc) is 3.11. The Morgan fingerprint density at radius 1 is 1.07 bits per heavy atom. The van der Waals surface area contributed by atoms with Crippen molar-refractivity contribution in [2.45, 2.75) is 51.0 Å². The van der Waals surface area contributed by atoms with Gasteiger partial charge in [-0.3, -0.25) is 9.78 Å². The molecule has 1 aromatic carbocycles. The van der Waals surface area contributed by atoms with Crippen molar-refractivity contribution in [3.63, 3.8) is 0 Å². The van der Waals surface area contributed by atoms with E-state index in [9.17, 15) is 4.79 Å². The Kier molecular flexibility index (Phi) is 5.70.